The molecule has 4 nitrogen and oxygen atoms in total. The number of amides is 1. The van der Waals surface area contributed by atoms with Crippen LogP contribution in [0.15, 0.2) is 24.3 Å². The second-order valence-corrected chi connectivity index (χ2v) is 4.15. The van der Waals surface area contributed by atoms with Gasteiger partial charge in [0.1, 0.15) is 6.10 Å². The molecule has 0 aliphatic rings. The van der Waals surface area contributed by atoms with Crippen LogP contribution < -0.4 is 5.73 Å². The summed E-state index contributed by atoms with van der Waals surface area (Å²) in [6.45, 7) is 0.612. The standard InChI is InChI=1S/C12H17ClN2O2.ClH/c1-15(12(16)11(7-14)17-2)8-9-5-3-4-6-10(9)13;/h3-6,11H,7-8,14H2,1-2H3;1H. The maximum absolute atomic E-state index is 11.9. The normalized spacial score (nSPS) is 11.6. The minimum Gasteiger partial charge on any atom is -0.370 e. The van der Waals surface area contributed by atoms with Gasteiger partial charge in [-0.05, 0) is 11.6 Å². The summed E-state index contributed by atoms with van der Waals surface area (Å²) in [5, 5.41) is 0.647. The summed E-state index contributed by atoms with van der Waals surface area (Å²) in [7, 11) is 3.17. The van der Waals surface area contributed by atoms with Gasteiger partial charge in [0.25, 0.3) is 5.91 Å². The van der Waals surface area contributed by atoms with Crippen LogP contribution in [0.1, 0.15) is 5.56 Å². The van der Waals surface area contributed by atoms with Crippen LogP contribution in [-0.2, 0) is 16.1 Å². The first kappa shape index (κ1) is 17.2. The fourth-order valence-electron chi connectivity index (χ4n) is 1.50. The highest BCUT2D eigenvalue weighted by Gasteiger charge is 2.20. The highest BCUT2D eigenvalue weighted by molar-refractivity contribution is 6.31. The number of hydrogen-bond acceptors (Lipinski definition) is 3. The number of ether oxygens (including phenoxy) is 1. The number of likely N-dealkylation sites (N-methyl/N-ethyl adjacent to an activating group) is 1. The van der Waals surface area contributed by atoms with Crippen LogP contribution in [0.3, 0.4) is 0 Å². The van der Waals surface area contributed by atoms with E-state index in [-0.39, 0.29) is 24.9 Å². The molecule has 1 aromatic rings. The number of hydrogen-bond donors (Lipinski definition) is 1. The van der Waals surface area contributed by atoms with Crippen LogP contribution in [0.4, 0.5) is 0 Å². The first-order valence-corrected chi connectivity index (χ1v) is 5.69. The monoisotopic (exact) mass is 292 g/mol. The third kappa shape index (κ3) is 4.46. The molecule has 18 heavy (non-hydrogen) atoms. The van der Waals surface area contributed by atoms with Crippen molar-refractivity contribution in [3.05, 3.63) is 34.9 Å². The third-order valence-corrected chi connectivity index (χ3v) is 2.88. The minimum absolute atomic E-state index is 0. The quantitative estimate of drug-likeness (QED) is 0.899. The van der Waals surface area contributed by atoms with Crippen LogP contribution >= 0.6 is 24.0 Å². The van der Waals surface area contributed by atoms with Crippen molar-refractivity contribution in [2.45, 2.75) is 12.6 Å². The maximum Gasteiger partial charge on any atom is 0.253 e. The minimum atomic E-state index is -0.595. The lowest BCUT2D eigenvalue weighted by Gasteiger charge is -2.22. The van der Waals surface area contributed by atoms with Crippen LogP contribution in [0.2, 0.25) is 5.02 Å². The van der Waals surface area contributed by atoms with Gasteiger partial charge in [0.15, 0.2) is 0 Å². The number of nitrogens with zero attached hydrogens (tertiary/aromatic N) is 1. The van der Waals surface area contributed by atoms with Crippen molar-refractivity contribution in [1.29, 1.82) is 0 Å². The Labute approximate surface area is 118 Å². The lowest BCUT2D eigenvalue weighted by atomic mass is 10.2. The van der Waals surface area contributed by atoms with Gasteiger partial charge in [0, 0.05) is 32.3 Å². The average molecular weight is 293 g/mol. The molecular formula is C12H18Cl2N2O2. The van der Waals surface area contributed by atoms with Crippen LogP contribution in [0.25, 0.3) is 0 Å². The molecule has 0 aromatic heterocycles. The molecule has 2 N–H and O–H groups in total. The third-order valence-electron chi connectivity index (χ3n) is 2.52. The second-order valence-electron chi connectivity index (χ2n) is 3.75. The summed E-state index contributed by atoms with van der Waals surface area (Å²) in [6.07, 6.45) is -0.595. The van der Waals surface area contributed by atoms with E-state index in [2.05, 4.69) is 0 Å². The molecule has 1 aromatic carbocycles. The first-order chi connectivity index (χ1) is 8.10. The van der Waals surface area contributed by atoms with Gasteiger partial charge in [-0.25, -0.2) is 0 Å². The fraction of sp³-hybridized carbons (Fsp3) is 0.417. The Morgan fingerprint density at radius 1 is 1.50 bits per heavy atom. The summed E-state index contributed by atoms with van der Waals surface area (Å²) in [5.41, 5.74) is 6.35. The first-order valence-electron chi connectivity index (χ1n) is 5.31. The number of rotatable bonds is 5. The number of methoxy groups -OCH3 is 1. The molecule has 0 radical (unpaired) electrons. The molecule has 0 fully saturated rings. The highest BCUT2D eigenvalue weighted by atomic mass is 35.5. The van der Waals surface area contributed by atoms with Gasteiger partial charge in [0.2, 0.25) is 0 Å². The van der Waals surface area contributed by atoms with Crippen molar-refractivity contribution in [1.82, 2.24) is 4.90 Å². The van der Waals surface area contributed by atoms with Crippen LogP contribution in [0, 0.1) is 0 Å². The lowest BCUT2D eigenvalue weighted by Crippen LogP contribution is -2.41. The summed E-state index contributed by atoms with van der Waals surface area (Å²) >= 11 is 6.03. The number of benzene rings is 1. The summed E-state index contributed by atoms with van der Waals surface area (Å²) in [5.74, 6) is -0.144. The zero-order valence-corrected chi connectivity index (χ0v) is 12.0. The molecule has 0 spiro atoms. The van der Waals surface area contributed by atoms with E-state index in [4.69, 9.17) is 22.1 Å². The molecule has 0 aliphatic heterocycles. The predicted molar refractivity (Wildman–Crippen MR) is 75.0 cm³/mol. The van der Waals surface area contributed by atoms with Crippen LogP contribution in [0.5, 0.6) is 0 Å². The second kappa shape index (κ2) is 8.32. The average Bonchev–Trinajstić information content (AvgIpc) is 2.33. The van der Waals surface area contributed by atoms with E-state index in [1.54, 1.807) is 18.0 Å². The molecule has 102 valence electrons. The Balaban J connectivity index is 0.00000289. The number of carbonyl (C=O) groups is 1. The molecule has 1 rings (SSSR count). The van der Waals surface area contributed by atoms with Gasteiger partial charge in [-0.15, -0.1) is 12.4 Å². The highest BCUT2D eigenvalue weighted by Crippen LogP contribution is 2.16. The lowest BCUT2D eigenvalue weighted by molar-refractivity contribution is -0.140. The summed E-state index contributed by atoms with van der Waals surface area (Å²) in [6, 6.07) is 7.42. The van der Waals surface area contributed by atoms with E-state index in [0.29, 0.717) is 11.6 Å². The summed E-state index contributed by atoms with van der Waals surface area (Å²) in [4.78, 5) is 13.5. The number of halogens is 2. The summed E-state index contributed by atoms with van der Waals surface area (Å²) < 4.78 is 5.00. The molecule has 0 heterocycles. The molecule has 0 aliphatic carbocycles. The molecule has 0 saturated carbocycles. The van der Waals surface area contributed by atoms with E-state index < -0.39 is 6.10 Å². The van der Waals surface area contributed by atoms with E-state index >= 15 is 0 Å². The van der Waals surface area contributed by atoms with Crippen molar-refractivity contribution < 1.29 is 9.53 Å². The Bertz CT molecular complexity index is 384. The molecule has 1 atom stereocenters. The van der Waals surface area contributed by atoms with Gasteiger partial charge in [-0.2, -0.15) is 0 Å². The van der Waals surface area contributed by atoms with Gasteiger partial charge >= 0.3 is 0 Å². The van der Waals surface area contributed by atoms with Gasteiger partial charge in [-0.3, -0.25) is 4.79 Å². The SMILES string of the molecule is COC(CN)C(=O)N(C)Cc1ccccc1Cl.Cl. The van der Waals surface area contributed by atoms with Crippen molar-refractivity contribution in [3.63, 3.8) is 0 Å². The Morgan fingerprint density at radius 2 is 2.11 bits per heavy atom. The smallest absolute Gasteiger partial charge is 0.253 e. The Hall–Kier alpha value is -0.810. The van der Waals surface area contributed by atoms with E-state index in [9.17, 15) is 4.79 Å². The number of nitrogens with two attached hydrogens (primary N) is 1. The van der Waals surface area contributed by atoms with Crippen molar-refractivity contribution in [2.75, 3.05) is 20.7 Å². The van der Waals surface area contributed by atoms with Crippen molar-refractivity contribution in [2.24, 2.45) is 5.73 Å². The molecular weight excluding hydrogens is 275 g/mol. The fourth-order valence-corrected chi connectivity index (χ4v) is 1.70. The predicted octanol–water partition coefficient (Wildman–Crippen LogP) is 1.69. The number of carbonyl (C=O) groups excluding carboxylic acids is 1. The van der Waals surface area contributed by atoms with Crippen molar-refractivity contribution in [3.8, 4) is 0 Å². The van der Waals surface area contributed by atoms with Gasteiger partial charge in [-0.1, -0.05) is 29.8 Å². The maximum atomic E-state index is 11.9. The van der Waals surface area contributed by atoms with Gasteiger partial charge in [0.05, 0.1) is 0 Å². The zero-order chi connectivity index (χ0) is 12.8. The van der Waals surface area contributed by atoms with Crippen molar-refractivity contribution >= 4 is 29.9 Å². The molecule has 0 bridgehead atoms. The molecule has 6 heteroatoms. The van der Waals surface area contributed by atoms with E-state index in [1.165, 1.54) is 7.11 Å². The van der Waals surface area contributed by atoms with E-state index in [1.807, 2.05) is 18.2 Å². The molecule has 1 unspecified atom stereocenters. The Kier molecular flexibility index (Phi) is 7.95. The Morgan fingerprint density at radius 3 is 2.61 bits per heavy atom. The molecule has 1 amide bonds. The largest absolute Gasteiger partial charge is 0.370 e. The topological polar surface area (TPSA) is 55.6 Å². The molecule has 0 saturated heterocycles. The van der Waals surface area contributed by atoms with Gasteiger partial charge < -0.3 is 15.4 Å². The zero-order valence-electron chi connectivity index (χ0n) is 10.4. The van der Waals surface area contributed by atoms with Crippen LogP contribution in [-0.4, -0.2) is 37.6 Å². The van der Waals surface area contributed by atoms with E-state index in [0.717, 1.165) is 5.56 Å².